The van der Waals surface area contributed by atoms with E-state index >= 15 is 0 Å². The van der Waals surface area contributed by atoms with Gasteiger partial charge in [0.05, 0.1) is 6.04 Å². The van der Waals surface area contributed by atoms with Crippen molar-refractivity contribution in [2.24, 2.45) is 0 Å². The van der Waals surface area contributed by atoms with Gasteiger partial charge in [-0.15, -0.1) is 0 Å². The first-order valence-electron chi connectivity index (χ1n) is 9.32. The maximum atomic E-state index is 12.7. The maximum Gasteiger partial charge on any atom is 0.261 e. The molecule has 4 heteroatoms. The van der Waals surface area contributed by atoms with Gasteiger partial charge in [0, 0.05) is 5.02 Å². The molecule has 2 aromatic rings. The number of carbonyl (C=O) groups is 1. The number of hydrogen-bond donors (Lipinski definition) is 1. The van der Waals surface area contributed by atoms with Crippen molar-refractivity contribution in [3.8, 4) is 5.75 Å². The number of hydrogen-bond acceptors (Lipinski definition) is 2. The van der Waals surface area contributed by atoms with E-state index in [1.807, 2.05) is 26.8 Å². The Bertz CT molecular complexity index is 803. The number of rotatable bonds is 6. The molecule has 1 aliphatic carbocycles. The first kappa shape index (κ1) is 18.8. The molecule has 1 aliphatic rings. The van der Waals surface area contributed by atoms with Crippen LogP contribution in [0.25, 0.3) is 0 Å². The van der Waals surface area contributed by atoms with E-state index in [9.17, 15) is 4.79 Å². The molecular formula is C22H26ClNO2. The lowest BCUT2D eigenvalue weighted by molar-refractivity contribution is -0.128. The second kappa shape index (κ2) is 8.13. The summed E-state index contributed by atoms with van der Waals surface area (Å²) in [6, 6.07) is 12.0. The van der Waals surface area contributed by atoms with Crippen LogP contribution in [-0.2, 0) is 17.6 Å². The molecule has 3 rings (SSSR count). The van der Waals surface area contributed by atoms with E-state index in [1.54, 1.807) is 12.1 Å². The van der Waals surface area contributed by atoms with Gasteiger partial charge in [-0.2, -0.15) is 0 Å². The van der Waals surface area contributed by atoms with Crippen molar-refractivity contribution in [1.82, 2.24) is 5.32 Å². The monoisotopic (exact) mass is 371 g/mol. The quantitative estimate of drug-likeness (QED) is 0.760. The Labute approximate surface area is 160 Å². The minimum atomic E-state index is -0.521. The van der Waals surface area contributed by atoms with E-state index in [2.05, 4.69) is 23.5 Å². The lowest BCUT2D eigenvalue weighted by atomic mass is 10.0. The summed E-state index contributed by atoms with van der Waals surface area (Å²) in [7, 11) is 0. The Morgan fingerprint density at radius 2 is 1.96 bits per heavy atom. The molecule has 0 aliphatic heterocycles. The highest BCUT2D eigenvalue weighted by molar-refractivity contribution is 6.31. The Kier molecular flexibility index (Phi) is 5.87. The molecule has 26 heavy (non-hydrogen) atoms. The molecular weight excluding hydrogens is 346 g/mol. The molecule has 138 valence electrons. The highest BCUT2D eigenvalue weighted by Gasteiger charge is 2.22. The van der Waals surface area contributed by atoms with Crippen molar-refractivity contribution in [3.05, 3.63) is 63.7 Å². The van der Waals surface area contributed by atoms with Crippen LogP contribution in [0.1, 0.15) is 55.0 Å². The molecule has 0 heterocycles. The van der Waals surface area contributed by atoms with Crippen molar-refractivity contribution in [1.29, 1.82) is 0 Å². The third-order valence-electron chi connectivity index (χ3n) is 5.05. The minimum absolute atomic E-state index is 0.0435. The van der Waals surface area contributed by atoms with E-state index in [0.29, 0.717) is 17.2 Å². The van der Waals surface area contributed by atoms with Crippen molar-refractivity contribution in [3.63, 3.8) is 0 Å². The Morgan fingerprint density at radius 1 is 1.19 bits per heavy atom. The zero-order valence-corrected chi connectivity index (χ0v) is 16.4. The summed E-state index contributed by atoms with van der Waals surface area (Å²) >= 11 is 6.06. The number of benzene rings is 2. The average Bonchev–Trinajstić information content (AvgIpc) is 3.10. The van der Waals surface area contributed by atoms with Crippen LogP contribution in [0, 0.1) is 6.92 Å². The van der Waals surface area contributed by atoms with Gasteiger partial charge in [-0.05, 0) is 80.0 Å². The lowest BCUT2D eigenvalue weighted by Crippen LogP contribution is -2.39. The first-order chi connectivity index (χ1) is 12.5. The highest BCUT2D eigenvalue weighted by Crippen LogP contribution is 2.26. The number of fused-ring (bicyclic) bond motifs is 1. The third kappa shape index (κ3) is 4.21. The number of amides is 1. The molecule has 1 N–H and O–H groups in total. The highest BCUT2D eigenvalue weighted by atomic mass is 35.5. The Balaban J connectivity index is 1.65. The summed E-state index contributed by atoms with van der Waals surface area (Å²) in [5, 5.41) is 3.79. The molecule has 0 aromatic heterocycles. The van der Waals surface area contributed by atoms with Crippen LogP contribution in [0.3, 0.4) is 0 Å². The second-order valence-corrected chi connectivity index (χ2v) is 7.44. The van der Waals surface area contributed by atoms with Crippen molar-refractivity contribution < 1.29 is 9.53 Å². The lowest BCUT2D eigenvalue weighted by Gasteiger charge is -2.21. The summed E-state index contributed by atoms with van der Waals surface area (Å²) in [5.74, 6) is 0.576. The molecule has 2 atom stereocenters. The number of carbonyl (C=O) groups excluding carboxylic acids is 1. The average molecular weight is 372 g/mol. The summed E-state index contributed by atoms with van der Waals surface area (Å²) < 4.78 is 5.90. The largest absolute Gasteiger partial charge is 0.481 e. The molecule has 2 aromatic carbocycles. The molecule has 0 bridgehead atoms. The van der Waals surface area contributed by atoms with Gasteiger partial charge in [0.25, 0.3) is 5.91 Å². The van der Waals surface area contributed by atoms with Crippen LogP contribution in [0.15, 0.2) is 36.4 Å². The van der Waals surface area contributed by atoms with Gasteiger partial charge in [0.1, 0.15) is 5.75 Å². The standard InChI is InChI=1S/C22H26ClNO2/c1-4-21(26-19-10-11-20(23)14(2)12-19)22(25)24-15(3)17-9-8-16-6-5-7-18(16)13-17/h8-13,15,21H,4-7H2,1-3H3,(H,24,25)/t15-,21-/m1/s1. The van der Waals surface area contributed by atoms with E-state index in [-0.39, 0.29) is 11.9 Å². The third-order valence-corrected chi connectivity index (χ3v) is 5.48. The zero-order valence-electron chi connectivity index (χ0n) is 15.6. The summed E-state index contributed by atoms with van der Waals surface area (Å²) in [4.78, 5) is 12.7. The van der Waals surface area contributed by atoms with Gasteiger partial charge in [0.2, 0.25) is 0 Å². The van der Waals surface area contributed by atoms with E-state index < -0.39 is 6.10 Å². The second-order valence-electron chi connectivity index (χ2n) is 7.04. The molecule has 0 saturated carbocycles. The van der Waals surface area contributed by atoms with Gasteiger partial charge < -0.3 is 10.1 Å². The van der Waals surface area contributed by atoms with Crippen LogP contribution in [0.2, 0.25) is 5.02 Å². The van der Waals surface area contributed by atoms with E-state index in [0.717, 1.165) is 17.5 Å². The van der Waals surface area contributed by atoms with Gasteiger partial charge >= 0.3 is 0 Å². The van der Waals surface area contributed by atoms with Crippen LogP contribution in [-0.4, -0.2) is 12.0 Å². The van der Waals surface area contributed by atoms with Gasteiger partial charge in [-0.25, -0.2) is 0 Å². The smallest absolute Gasteiger partial charge is 0.261 e. The molecule has 0 saturated heterocycles. The fraction of sp³-hybridized carbons (Fsp3) is 0.409. The molecule has 0 unspecified atom stereocenters. The Hall–Kier alpha value is -2.00. The summed E-state index contributed by atoms with van der Waals surface area (Å²) in [5.41, 5.74) is 4.95. The van der Waals surface area contributed by atoms with Crippen LogP contribution in [0.4, 0.5) is 0 Å². The van der Waals surface area contributed by atoms with Crippen LogP contribution in [0.5, 0.6) is 5.75 Å². The Morgan fingerprint density at radius 3 is 2.69 bits per heavy atom. The van der Waals surface area contributed by atoms with Gasteiger partial charge in [-0.1, -0.05) is 36.7 Å². The summed E-state index contributed by atoms with van der Waals surface area (Å²) in [6.45, 7) is 5.90. The van der Waals surface area contributed by atoms with Crippen molar-refractivity contribution in [2.45, 2.75) is 58.6 Å². The SMILES string of the molecule is CC[C@@H](Oc1ccc(Cl)c(C)c1)C(=O)N[C@H](C)c1ccc2c(c1)CCC2. The number of halogens is 1. The molecule has 1 amide bonds. The molecule has 0 radical (unpaired) electrons. The van der Waals surface area contributed by atoms with Crippen LogP contribution >= 0.6 is 11.6 Å². The van der Waals surface area contributed by atoms with Crippen molar-refractivity contribution in [2.75, 3.05) is 0 Å². The molecule has 0 spiro atoms. The number of ether oxygens (including phenoxy) is 1. The fourth-order valence-electron chi connectivity index (χ4n) is 3.43. The summed E-state index contributed by atoms with van der Waals surface area (Å²) in [6.07, 6.45) is 3.62. The van der Waals surface area contributed by atoms with E-state index in [4.69, 9.17) is 16.3 Å². The zero-order chi connectivity index (χ0) is 18.7. The predicted octanol–water partition coefficient (Wildman–Crippen LogP) is 5.17. The van der Waals surface area contributed by atoms with Crippen LogP contribution < -0.4 is 10.1 Å². The topological polar surface area (TPSA) is 38.3 Å². The maximum absolute atomic E-state index is 12.7. The first-order valence-corrected chi connectivity index (χ1v) is 9.70. The number of aryl methyl sites for hydroxylation is 3. The van der Waals surface area contributed by atoms with E-state index in [1.165, 1.54) is 24.0 Å². The fourth-order valence-corrected chi connectivity index (χ4v) is 3.55. The molecule has 0 fully saturated rings. The normalized spacial score (nSPS) is 15.2. The molecule has 3 nitrogen and oxygen atoms in total. The predicted molar refractivity (Wildman–Crippen MR) is 106 cm³/mol. The van der Waals surface area contributed by atoms with Gasteiger partial charge in [-0.3, -0.25) is 4.79 Å². The van der Waals surface area contributed by atoms with Crippen molar-refractivity contribution >= 4 is 17.5 Å². The number of nitrogens with one attached hydrogen (secondary N) is 1. The van der Waals surface area contributed by atoms with Gasteiger partial charge in [0.15, 0.2) is 6.10 Å². The minimum Gasteiger partial charge on any atom is -0.481 e.